The van der Waals surface area contributed by atoms with Crippen LogP contribution in [0.4, 0.5) is 0 Å². The van der Waals surface area contributed by atoms with Crippen molar-refractivity contribution in [2.45, 2.75) is 13.1 Å². The molecule has 0 aliphatic rings. The van der Waals surface area contributed by atoms with Gasteiger partial charge in [-0.1, -0.05) is 12.1 Å². The second-order valence-corrected chi connectivity index (χ2v) is 3.25. The van der Waals surface area contributed by atoms with E-state index < -0.39 is 0 Å². The van der Waals surface area contributed by atoms with Crippen LogP contribution in [0.2, 0.25) is 0 Å². The average Bonchev–Trinajstić information content (AvgIpc) is 2.78. The van der Waals surface area contributed by atoms with Crippen LogP contribution in [0, 0.1) is 0 Å². The van der Waals surface area contributed by atoms with Gasteiger partial charge in [0.05, 0.1) is 5.69 Å². The molecule has 1 aromatic carbocycles. The number of hydrogen-bond acceptors (Lipinski definition) is 4. The van der Waals surface area contributed by atoms with Crippen LogP contribution in [0.15, 0.2) is 34.9 Å². The van der Waals surface area contributed by atoms with Gasteiger partial charge in [-0.15, -0.1) is 0 Å². The summed E-state index contributed by atoms with van der Waals surface area (Å²) in [4.78, 5) is 4.23. The van der Waals surface area contributed by atoms with Gasteiger partial charge in [0.15, 0.2) is 0 Å². The van der Waals surface area contributed by atoms with E-state index in [1.807, 2.05) is 24.3 Å². The molecule has 1 aromatic heterocycles. The van der Waals surface area contributed by atoms with Crippen molar-refractivity contribution < 1.29 is 4.42 Å². The van der Waals surface area contributed by atoms with Crippen molar-refractivity contribution in [3.8, 4) is 11.5 Å². The van der Waals surface area contributed by atoms with Crippen LogP contribution in [0.1, 0.15) is 11.3 Å². The molecule has 4 heteroatoms. The number of rotatable bonds is 3. The fourth-order valence-corrected chi connectivity index (χ4v) is 1.32. The van der Waals surface area contributed by atoms with Crippen molar-refractivity contribution in [1.82, 2.24) is 4.98 Å². The number of nitrogens with two attached hydrogens (primary N) is 2. The highest BCUT2D eigenvalue weighted by Crippen LogP contribution is 2.18. The maximum absolute atomic E-state index is 5.51. The summed E-state index contributed by atoms with van der Waals surface area (Å²) in [6, 6.07) is 7.80. The zero-order valence-corrected chi connectivity index (χ0v) is 8.31. The summed E-state index contributed by atoms with van der Waals surface area (Å²) in [5.41, 5.74) is 13.7. The lowest BCUT2D eigenvalue weighted by molar-refractivity contribution is 0.572. The van der Waals surface area contributed by atoms with E-state index in [9.17, 15) is 0 Å². The molecule has 2 rings (SSSR count). The molecule has 0 saturated carbocycles. The van der Waals surface area contributed by atoms with E-state index in [1.165, 1.54) is 0 Å². The monoisotopic (exact) mass is 203 g/mol. The molecule has 0 bridgehead atoms. The quantitative estimate of drug-likeness (QED) is 0.787. The maximum atomic E-state index is 5.51. The topological polar surface area (TPSA) is 78.1 Å². The molecular weight excluding hydrogens is 190 g/mol. The van der Waals surface area contributed by atoms with Crippen molar-refractivity contribution >= 4 is 0 Å². The molecule has 0 aliphatic heterocycles. The minimum absolute atomic E-state index is 0.393. The molecule has 0 fully saturated rings. The number of nitrogens with zero attached hydrogens (tertiary/aromatic N) is 1. The summed E-state index contributed by atoms with van der Waals surface area (Å²) in [5, 5.41) is 0. The summed E-state index contributed by atoms with van der Waals surface area (Å²) in [7, 11) is 0. The van der Waals surface area contributed by atoms with Crippen LogP contribution < -0.4 is 11.5 Å². The Morgan fingerprint density at radius 2 is 1.80 bits per heavy atom. The Kier molecular flexibility index (Phi) is 2.80. The molecule has 1 heterocycles. The largest absolute Gasteiger partial charge is 0.444 e. The Balaban J connectivity index is 2.28. The highest BCUT2D eigenvalue weighted by Gasteiger charge is 2.04. The smallest absolute Gasteiger partial charge is 0.226 e. The van der Waals surface area contributed by atoms with Gasteiger partial charge in [0, 0.05) is 18.7 Å². The van der Waals surface area contributed by atoms with Crippen molar-refractivity contribution in [3.63, 3.8) is 0 Å². The van der Waals surface area contributed by atoms with Crippen LogP contribution in [-0.2, 0) is 13.1 Å². The summed E-state index contributed by atoms with van der Waals surface area (Å²) in [6.07, 6.45) is 1.58. The van der Waals surface area contributed by atoms with E-state index in [1.54, 1.807) is 6.26 Å². The van der Waals surface area contributed by atoms with Gasteiger partial charge in [-0.05, 0) is 17.7 Å². The highest BCUT2D eigenvalue weighted by atomic mass is 16.3. The molecule has 15 heavy (non-hydrogen) atoms. The van der Waals surface area contributed by atoms with E-state index in [4.69, 9.17) is 15.9 Å². The minimum atomic E-state index is 0.393. The third-order valence-corrected chi connectivity index (χ3v) is 2.20. The molecule has 4 nitrogen and oxygen atoms in total. The Bertz CT molecular complexity index is 433. The second kappa shape index (κ2) is 4.25. The van der Waals surface area contributed by atoms with Crippen LogP contribution >= 0.6 is 0 Å². The summed E-state index contributed by atoms with van der Waals surface area (Å²) >= 11 is 0. The number of aromatic nitrogens is 1. The van der Waals surface area contributed by atoms with Crippen LogP contribution in [-0.4, -0.2) is 4.98 Å². The van der Waals surface area contributed by atoms with Crippen LogP contribution in [0.25, 0.3) is 11.5 Å². The summed E-state index contributed by atoms with van der Waals surface area (Å²) in [6.45, 7) is 0.935. The molecule has 0 radical (unpaired) electrons. The molecule has 0 amide bonds. The summed E-state index contributed by atoms with van der Waals surface area (Å²) < 4.78 is 5.29. The van der Waals surface area contributed by atoms with Gasteiger partial charge >= 0.3 is 0 Å². The second-order valence-electron chi connectivity index (χ2n) is 3.25. The first-order valence-corrected chi connectivity index (χ1v) is 4.77. The van der Waals surface area contributed by atoms with E-state index in [0.717, 1.165) is 16.8 Å². The summed E-state index contributed by atoms with van der Waals surface area (Å²) in [5.74, 6) is 0.596. The third-order valence-electron chi connectivity index (χ3n) is 2.20. The first kappa shape index (κ1) is 9.89. The predicted octanol–water partition coefficient (Wildman–Crippen LogP) is 1.26. The number of oxazole rings is 1. The zero-order valence-electron chi connectivity index (χ0n) is 8.31. The standard InChI is InChI=1S/C11H13N3O/c12-5-8-1-3-9(4-2-8)11-14-10(6-13)7-15-11/h1-4,7H,5-6,12-13H2. The molecule has 0 atom stereocenters. The number of benzene rings is 1. The SMILES string of the molecule is NCc1ccc(-c2nc(CN)co2)cc1. The lowest BCUT2D eigenvalue weighted by Crippen LogP contribution is -1.96. The Morgan fingerprint density at radius 1 is 1.07 bits per heavy atom. The van der Waals surface area contributed by atoms with Crippen LogP contribution in [0.5, 0.6) is 0 Å². The first-order chi connectivity index (χ1) is 7.33. The van der Waals surface area contributed by atoms with Crippen molar-refractivity contribution in [3.05, 3.63) is 41.8 Å². The predicted molar refractivity (Wildman–Crippen MR) is 57.7 cm³/mol. The van der Waals surface area contributed by atoms with E-state index in [2.05, 4.69) is 4.98 Å². The molecule has 78 valence electrons. The zero-order chi connectivity index (χ0) is 10.7. The maximum Gasteiger partial charge on any atom is 0.226 e. The van der Waals surface area contributed by atoms with Crippen molar-refractivity contribution in [1.29, 1.82) is 0 Å². The van der Waals surface area contributed by atoms with Gasteiger partial charge < -0.3 is 15.9 Å². The molecule has 0 spiro atoms. The van der Waals surface area contributed by atoms with Crippen molar-refractivity contribution in [2.24, 2.45) is 11.5 Å². The highest BCUT2D eigenvalue weighted by molar-refractivity contribution is 5.53. The van der Waals surface area contributed by atoms with Crippen LogP contribution in [0.3, 0.4) is 0 Å². The first-order valence-electron chi connectivity index (χ1n) is 4.77. The molecule has 0 aliphatic carbocycles. The fourth-order valence-electron chi connectivity index (χ4n) is 1.32. The Morgan fingerprint density at radius 3 is 2.33 bits per heavy atom. The average molecular weight is 203 g/mol. The third kappa shape index (κ3) is 2.06. The van der Waals surface area contributed by atoms with Gasteiger partial charge in [-0.25, -0.2) is 4.98 Å². The number of hydrogen-bond donors (Lipinski definition) is 2. The van der Waals surface area contributed by atoms with Gasteiger partial charge in [0.2, 0.25) is 5.89 Å². The van der Waals surface area contributed by atoms with E-state index >= 15 is 0 Å². The van der Waals surface area contributed by atoms with E-state index in [-0.39, 0.29) is 0 Å². The Labute approximate surface area is 87.9 Å². The van der Waals surface area contributed by atoms with Crippen molar-refractivity contribution in [2.75, 3.05) is 0 Å². The molecule has 2 aromatic rings. The lowest BCUT2D eigenvalue weighted by Gasteiger charge is -1.97. The van der Waals surface area contributed by atoms with Gasteiger partial charge in [-0.3, -0.25) is 0 Å². The molecule has 0 saturated heterocycles. The minimum Gasteiger partial charge on any atom is -0.444 e. The Hall–Kier alpha value is -1.65. The van der Waals surface area contributed by atoms with Gasteiger partial charge in [-0.2, -0.15) is 0 Å². The molecule has 4 N–H and O–H groups in total. The van der Waals surface area contributed by atoms with Gasteiger partial charge in [0.1, 0.15) is 6.26 Å². The lowest BCUT2D eigenvalue weighted by atomic mass is 10.1. The normalized spacial score (nSPS) is 10.5. The fraction of sp³-hybridized carbons (Fsp3) is 0.182. The molecule has 0 unspecified atom stereocenters. The van der Waals surface area contributed by atoms with E-state index in [0.29, 0.717) is 19.0 Å². The molecular formula is C11H13N3O. The van der Waals surface area contributed by atoms with Gasteiger partial charge in [0.25, 0.3) is 0 Å².